The minimum atomic E-state index is -0.824. The molecule has 0 spiro atoms. The third-order valence-corrected chi connectivity index (χ3v) is 1.14. The van der Waals surface area contributed by atoms with Crippen LogP contribution in [0.4, 0.5) is 0 Å². The summed E-state index contributed by atoms with van der Waals surface area (Å²) in [6.45, 7) is 3.11. The molecule has 0 N–H and O–H groups in total. The molecule has 0 amide bonds. The van der Waals surface area contributed by atoms with Gasteiger partial charge >= 0.3 is 55.6 Å². The van der Waals surface area contributed by atoms with Crippen molar-refractivity contribution in [2.24, 2.45) is 0 Å². The predicted octanol–water partition coefficient (Wildman–Crippen LogP) is 0.0396. The van der Waals surface area contributed by atoms with Crippen molar-refractivity contribution in [3.63, 3.8) is 0 Å². The molecule has 0 radical (unpaired) electrons. The number of methoxy groups -OCH3 is 1. The van der Waals surface area contributed by atoms with Crippen LogP contribution in [-0.4, -0.2) is 62.8 Å². The molecular formula is C8H12CaO5. The van der Waals surface area contributed by atoms with Crippen molar-refractivity contribution in [2.45, 2.75) is 12.8 Å². The molecule has 0 bridgehead atoms. The Kier molecular flexibility index (Phi) is 10.5. The zero-order valence-corrected chi connectivity index (χ0v) is 10.2. The second kappa shape index (κ2) is 9.18. The van der Waals surface area contributed by atoms with E-state index in [1.807, 2.05) is 0 Å². The third kappa shape index (κ3) is 8.22. The molecule has 0 saturated heterocycles. The first-order valence-corrected chi connectivity index (χ1v) is 3.54. The summed E-state index contributed by atoms with van der Waals surface area (Å²) in [4.78, 5) is 31.7. The fraction of sp³-hybridized carbons (Fsp3) is 0.375. The molecule has 0 aliphatic heterocycles. The number of hydrogen-bond donors (Lipinski definition) is 0. The van der Waals surface area contributed by atoms with E-state index in [1.54, 1.807) is 0 Å². The van der Waals surface area contributed by atoms with Crippen LogP contribution in [0.15, 0.2) is 12.7 Å². The van der Waals surface area contributed by atoms with Gasteiger partial charge in [-0.2, -0.15) is 0 Å². The van der Waals surface area contributed by atoms with Gasteiger partial charge in [0.1, 0.15) is 0 Å². The van der Waals surface area contributed by atoms with Gasteiger partial charge < -0.3 is 12.3 Å². The average Bonchev–Trinajstić information content (AvgIpc) is 2.13. The normalized spacial score (nSPS) is 8.07. The quantitative estimate of drug-likeness (QED) is 0.294. The summed E-state index contributed by atoms with van der Waals surface area (Å²) >= 11 is 0. The van der Waals surface area contributed by atoms with E-state index in [0.717, 1.165) is 6.08 Å². The van der Waals surface area contributed by atoms with Crippen LogP contribution < -0.4 is 0 Å². The first-order valence-electron chi connectivity index (χ1n) is 3.54. The van der Waals surface area contributed by atoms with Gasteiger partial charge in [0, 0.05) is 6.08 Å². The molecule has 6 heteroatoms. The van der Waals surface area contributed by atoms with Gasteiger partial charge in [-0.1, -0.05) is 6.58 Å². The number of carbonyl (C=O) groups excluding carboxylic acids is 3. The molecule has 0 fully saturated rings. The number of hydrogen-bond acceptors (Lipinski definition) is 5. The molecule has 0 aromatic heterocycles. The summed E-state index contributed by atoms with van der Waals surface area (Å²) in [7, 11) is 1.21. The zero-order valence-electron chi connectivity index (χ0n) is 9.95. The molecule has 0 aromatic rings. The number of carbonyl (C=O) groups is 3. The van der Waals surface area contributed by atoms with E-state index >= 15 is 0 Å². The molecule has 14 heavy (non-hydrogen) atoms. The van der Waals surface area contributed by atoms with Crippen LogP contribution in [0.5, 0.6) is 0 Å². The van der Waals surface area contributed by atoms with E-state index in [9.17, 15) is 14.4 Å². The summed E-state index contributed by atoms with van der Waals surface area (Å²) in [5.41, 5.74) is 0. The largest absolute Gasteiger partial charge is 2.00 e. The van der Waals surface area contributed by atoms with Crippen molar-refractivity contribution >= 4 is 55.6 Å². The Hall–Kier alpha value is -0.390. The Morgan fingerprint density at radius 3 is 2.21 bits per heavy atom. The van der Waals surface area contributed by atoms with Crippen LogP contribution in [0.1, 0.15) is 15.7 Å². The Morgan fingerprint density at radius 1 is 1.29 bits per heavy atom. The van der Waals surface area contributed by atoms with Gasteiger partial charge in [0.15, 0.2) is 0 Å². The molecule has 0 aliphatic carbocycles. The second-order valence-corrected chi connectivity index (χ2v) is 2.07. The van der Waals surface area contributed by atoms with Crippen molar-refractivity contribution < 1.29 is 26.7 Å². The molecule has 0 rings (SSSR count). The van der Waals surface area contributed by atoms with Gasteiger partial charge in [0.05, 0.1) is 20.0 Å². The Labute approximate surface area is 114 Å². The van der Waals surface area contributed by atoms with Crippen molar-refractivity contribution in [1.29, 1.82) is 0 Å². The Balaban J connectivity index is -0.000000240. The van der Waals surface area contributed by atoms with E-state index in [-0.39, 0.29) is 53.4 Å². The summed E-state index contributed by atoms with van der Waals surface area (Å²) in [5, 5.41) is 0. The van der Waals surface area contributed by atoms with Crippen molar-refractivity contribution in [2.75, 3.05) is 7.11 Å². The molecular weight excluding hydrogens is 216 g/mol. The van der Waals surface area contributed by atoms with Gasteiger partial charge in [-0.25, -0.2) is 4.79 Å². The van der Waals surface area contributed by atoms with E-state index in [2.05, 4.69) is 16.1 Å². The SMILES string of the molecule is C=CC(=O)OC(=O)CCC(=O)OC.[Ca+2].[H-].[H-]. The van der Waals surface area contributed by atoms with Gasteiger partial charge in [-0.15, -0.1) is 0 Å². The summed E-state index contributed by atoms with van der Waals surface area (Å²) in [6.07, 6.45) is 0.599. The van der Waals surface area contributed by atoms with E-state index in [1.165, 1.54) is 7.11 Å². The van der Waals surface area contributed by atoms with Crippen LogP contribution in [0.25, 0.3) is 0 Å². The topological polar surface area (TPSA) is 69.7 Å². The molecule has 0 heterocycles. The van der Waals surface area contributed by atoms with Gasteiger partial charge in [-0.05, 0) is 0 Å². The molecule has 0 aromatic carbocycles. The number of esters is 3. The third-order valence-electron chi connectivity index (χ3n) is 1.14. The standard InChI is InChI=1S/C8H10O5.Ca.2H/c1-3-6(9)13-8(11)5-4-7(10)12-2;;;/h3H,1,4-5H2,2H3;;;/q;+2;2*-1. The molecule has 76 valence electrons. The fourth-order valence-corrected chi connectivity index (χ4v) is 0.511. The van der Waals surface area contributed by atoms with Crippen molar-refractivity contribution in [1.82, 2.24) is 0 Å². The summed E-state index contributed by atoms with van der Waals surface area (Å²) in [5.74, 6) is -2.12. The number of rotatable bonds is 4. The van der Waals surface area contributed by atoms with E-state index in [4.69, 9.17) is 0 Å². The van der Waals surface area contributed by atoms with Crippen molar-refractivity contribution in [3.8, 4) is 0 Å². The summed E-state index contributed by atoms with van der Waals surface area (Å²) < 4.78 is 8.47. The zero-order chi connectivity index (χ0) is 10.3. The van der Waals surface area contributed by atoms with Crippen LogP contribution in [-0.2, 0) is 23.9 Å². The maximum absolute atomic E-state index is 10.7. The van der Waals surface area contributed by atoms with Crippen LogP contribution >= 0.6 is 0 Å². The predicted molar refractivity (Wildman–Crippen MR) is 50.5 cm³/mol. The minimum absolute atomic E-state index is 0. The maximum Gasteiger partial charge on any atom is 2.00 e. The van der Waals surface area contributed by atoms with Crippen LogP contribution in [0.2, 0.25) is 0 Å². The minimum Gasteiger partial charge on any atom is -1.00 e. The first-order chi connectivity index (χ1) is 6.10. The molecule has 0 saturated carbocycles. The van der Waals surface area contributed by atoms with Crippen LogP contribution in [0.3, 0.4) is 0 Å². The first kappa shape index (κ1) is 16.1. The fourth-order valence-electron chi connectivity index (χ4n) is 0.511. The van der Waals surface area contributed by atoms with E-state index < -0.39 is 17.9 Å². The maximum atomic E-state index is 10.7. The Bertz CT molecular complexity index is 245. The van der Waals surface area contributed by atoms with Crippen LogP contribution in [0, 0.1) is 0 Å². The van der Waals surface area contributed by atoms with Gasteiger partial charge in [0.2, 0.25) is 0 Å². The average molecular weight is 228 g/mol. The molecule has 5 nitrogen and oxygen atoms in total. The van der Waals surface area contributed by atoms with E-state index in [0.29, 0.717) is 0 Å². The Morgan fingerprint density at radius 2 is 1.79 bits per heavy atom. The molecule has 0 aliphatic rings. The summed E-state index contributed by atoms with van der Waals surface area (Å²) in [6, 6.07) is 0. The van der Waals surface area contributed by atoms with Gasteiger partial charge in [-0.3, -0.25) is 9.59 Å². The second-order valence-electron chi connectivity index (χ2n) is 2.07. The molecule has 0 unspecified atom stereocenters. The van der Waals surface area contributed by atoms with Gasteiger partial charge in [0.25, 0.3) is 0 Å². The molecule has 0 atom stereocenters. The number of ether oxygens (including phenoxy) is 2. The smallest absolute Gasteiger partial charge is 1.00 e. The monoisotopic (exact) mass is 228 g/mol. The van der Waals surface area contributed by atoms with Crippen molar-refractivity contribution in [3.05, 3.63) is 12.7 Å².